The average Bonchev–Trinajstić information content (AvgIpc) is 0.746. The molecule has 78 nitrogen and oxygen atoms in total. The lowest BCUT2D eigenvalue weighted by Gasteiger charge is -2.51. The van der Waals surface area contributed by atoms with E-state index in [4.69, 9.17) is 51.9 Å². The van der Waals surface area contributed by atoms with Crippen molar-refractivity contribution in [1.82, 2.24) is 0 Å². The normalized spacial score (nSPS) is 30.8. The summed E-state index contributed by atoms with van der Waals surface area (Å²) in [5.74, 6) is 0. The second-order valence-corrected chi connectivity index (χ2v) is 44.8. The molecular formula is C42H76O78S17. The van der Waals surface area contributed by atoms with E-state index in [0.717, 1.165) is 0 Å². The number of hydrogen-bond donors (Lipinski definition) is 17. The summed E-state index contributed by atoms with van der Waals surface area (Å²) in [7, 11) is -111. The molecule has 137 heavy (non-hydrogen) atoms. The molecule has 0 aromatic carbocycles. The Labute approximate surface area is 774 Å². The molecule has 17 N–H and O–H groups in total. The fourth-order valence-electron chi connectivity index (χ4n) is 12.4. The summed E-state index contributed by atoms with van der Waals surface area (Å²) in [5.41, 5.74) is 0. The van der Waals surface area contributed by atoms with Crippen molar-refractivity contribution >= 4 is 177 Å². The van der Waals surface area contributed by atoms with Gasteiger partial charge in [0.25, 0.3) is 0 Å². The Hall–Kier alpha value is -2.61. The Morgan fingerprint density at radius 3 is 0.489 bits per heavy atom. The molecule has 25 atom stereocenters. The van der Waals surface area contributed by atoms with Gasteiger partial charge >= 0.3 is 177 Å². The van der Waals surface area contributed by atoms with Gasteiger partial charge in [-0.25, -0.2) is 71.1 Å². The zero-order valence-corrected chi connectivity index (χ0v) is 79.8. The summed E-state index contributed by atoms with van der Waals surface area (Å²) in [4.78, 5) is 0. The summed E-state index contributed by atoms with van der Waals surface area (Å²) >= 11 is 0. The zero-order valence-electron chi connectivity index (χ0n) is 65.9. The molecule has 814 valence electrons. The van der Waals surface area contributed by atoms with Gasteiger partial charge in [-0.3, -0.25) is 77.4 Å². The highest BCUT2D eigenvalue weighted by atomic mass is 32.3. The van der Waals surface area contributed by atoms with Crippen molar-refractivity contribution in [3.05, 3.63) is 0 Å². The van der Waals surface area contributed by atoms with Crippen LogP contribution in [0.5, 0.6) is 0 Å². The van der Waals surface area contributed by atoms with E-state index in [1.54, 1.807) is 0 Å². The minimum atomic E-state index is -7.15. The van der Waals surface area contributed by atoms with Crippen molar-refractivity contribution in [2.24, 2.45) is 0 Å². The summed E-state index contributed by atoms with van der Waals surface area (Å²) < 4.78 is 727. The summed E-state index contributed by atoms with van der Waals surface area (Å²) in [6.45, 7) is -13.4. The lowest BCUT2D eigenvalue weighted by atomic mass is 9.95. The van der Waals surface area contributed by atoms with Gasteiger partial charge in [0.05, 0.1) is 39.6 Å². The predicted octanol–water partition coefficient (Wildman–Crippen LogP) is -10.9. The van der Waals surface area contributed by atoms with Gasteiger partial charge in [-0.15, -0.1) is 0 Å². The van der Waals surface area contributed by atoms with Crippen LogP contribution in [0.1, 0.15) is 64.2 Å². The van der Waals surface area contributed by atoms with E-state index in [0.29, 0.717) is 38.5 Å². The van der Waals surface area contributed by atoms with Crippen molar-refractivity contribution < 1.29 is 339 Å². The molecule has 5 rings (SSSR count). The standard InChI is InChI=1S/C42H76O78S17/c43-121(44,45)95-12-10-8-6-4-2-1-3-5-7-9-11-94-38-33(116-133(79,80)81)28(23(110-127(61,62)63)18(101-38)13-96-122(46,47)48)106-39-34(117-134(82,83)84)29(24(111-128(64,65)66)19(102-39)14-97-123(49,50)51)107-40-35(118-135(85,86)87)30(25(112-129(67,68)69)20(103-40)15-98-124(52,53)54)108-41-36(119-136(88,89)90)31(26(113-130(70,71)72)21(104-41)16-99-125(55,56)57)109-42-37(120-137(91,92)93)32(115-132(76,77)78)27(114-131(73,74)75)22(105-42)17-100-126(58,59)60/h18-42H,1-17H2,(H,43,44,45)(H,46,47,48)(H,49,50,51)(H,52,53,54)(H,55,56,57)(H,58,59,60)(H,61,62,63)(H,64,65,66)(H,67,68,69)(H,70,71,72)(H,73,74,75)(H,76,77,78)(H,79,80,81)(H,82,83,84)(H,85,86,87)(H,88,89,90)(H,91,92,93)/t18-,19-,20-,21-,22-,23-,24-,25-,26-,27-,28+,29+,30+,31+,32+,33-,34-,35-,36-,37-,38-,39+,40+,41+,42+/m1/s1. The molecule has 5 saturated heterocycles. The van der Waals surface area contributed by atoms with Crippen molar-refractivity contribution in [3.63, 3.8) is 0 Å². The quantitative estimate of drug-likeness (QED) is 0.0199. The van der Waals surface area contributed by atoms with Gasteiger partial charge < -0.3 is 47.4 Å². The van der Waals surface area contributed by atoms with Crippen LogP contribution in [0, 0.1) is 0 Å². The van der Waals surface area contributed by atoms with Gasteiger partial charge in [-0.05, 0) is 12.8 Å². The van der Waals surface area contributed by atoms with Crippen molar-refractivity contribution in [2.75, 3.05) is 46.2 Å². The number of unbranched alkanes of at least 4 members (excludes halogenated alkanes) is 9. The number of ether oxygens (including phenoxy) is 10. The molecule has 0 saturated carbocycles. The fraction of sp³-hybridized carbons (Fsp3) is 1.00. The van der Waals surface area contributed by atoms with Crippen LogP contribution in [0.4, 0.5) is 0 Å². The molecule has 0 spiro atoms. The first kappa shape index (κ1) is 125. The number of hydrogen-bond acceptors (Lipinski definition) is 61. The molecule has 0 unspecified atom stereocenters. The highest BCUT2D eigenvalue weighted by molar-refractivity contribution is 7.84. The van der Waals surface area contributed by atoms with Crippen molar-refractivity contribution in [1.29, 1.82) is 0 Å². The molecule has 5 aliphatic rings. The third-order valence-corrected chi connectivity index (χ3v) is 24.4. The van der Waals surface area contributed by atoms with Gasteiger partial charge in [-0.2, -0.15) is 143 Å². The Kier molecular flexibility index (Phi) is 44.7. The molecule has 5 fully saturated rings. The van der Waals surface area contributed by atoms with Crippen molar-refractivity contribution in [3.8, 4) is 0 Å². The van der Waals surface area contributed by atoms with Crippen LogP contribution < -0.4 is 0 Å². The van der Waals surface area contributed by atoms with Crippen molar-refractivity contribution in [2.45, 2.75) is 218 Å². The third kappa shape index (κ3) is 49.2. The topological polar surface area (TPSA) is 1170 Å². The smallest absolute Gasteiger partial charge is 0.350 e. The minimum absolute atomic E-state index is 0.0154. The second-order valence-electron chi connectivity index (χ2n) is 26.7. The number of rotatable bonds is 60. The molecule has 0 aliphatic carbocycles. The maximum Gasteiger partial charge on any atom is 0.397 e. The van der Waals surface area contributed by atoms with Crippen LogP contribution >= 0.6 is 0 Å². The SMILES string of the molecule is O=S(=O)(O)OCCCCCCCCCCCCO[C@@H]1O[C@H](COS(=O)(=O)O)[C@@H](OS(=O)(=O)O)[C@H](O[C@@H]2O[C@H](COS(=O)(=O)O)[C@@H](OS(=O)(=O)O)[C@H](O[C@@H]3O[C@H](COS(=O)(=O)O)[C@@H](OS(=O)(=O)O)[C@H](O[C@@H]4O[C@H](COS(=O)(=O)O)[C@@H](OS(=O)(=O)O)[C@H](O[C@@H]5O[C@H](COS(=O)(=O)O)[C@@H](OS(=O)(=O)O)[C@H](OS(=O)(=O)O)[C@H]5OS(=O)(=O)O)[C@H]4OS(=O)(=O)O)[C@H]3OS(=O)(=O)O)[C@H]2OS(=O)(=O)O)[C@H]1OS(=O)(=O)O. The minimum Gasteiger partial charge on any atom is -0.350 e. The molecule has 0 amide bonds. The highest BCUT2D eigenvalue weighted by Crippen LogP contribution is 2.44. The predicted molar refractivity (Wildman–Crippen MR) is 401 cm³/mol. The van der Waals surface area contributed by atoms with Gasteiger partial charge in [0, 0.05) is 6.61 Å². The lowest BCUT2D eigenvalue weighted by Crippen LogP contribution is -2.70. The largest absolute Gasteiger partial charge is 0.397 e. The summed E-state index contributed by atoms with van der Waals surface area (Å²) in [6, 6.07) is 0. The molecular weight excluding hydrogens is 2300 g/mol. The van der Waals surface area contributed by atoms with Crippen LogP contribution in [0.25, 0.3) is 0 Å². The van der Waals surface area contributed by atoms with Crippen LogP contribution in [0.15, 0.2) is 0 Å². The summed E-state index contributed by atoms with van der Waals surface area (Å²) in [5, 5.41) is 0. The molecule has 0 aromatic rings. The van der Waals surface area contributed by atoms with E-state index in [-0.39, 0.29) is 32.3 Å². The van der Waals surface area contributed by atoms with E-state index < -0.39 is 370 Å². The Morgan fingerprint density at radius 2 is 0.299 bits per heavy atom. The fourth-order valence-corrected chi connectivity index (χ4v) is 19.7. The van der Waals surface area contributed by atoms with Crippen LogP contribution in [0.2, 0.25) is 0 Å². The monoisotopic (exact) mass is 2370 g/mol. The highest BCUT2D eigenvalue weighted by Gasteiger charge is 2.65. The molecule has 0 bridgehead atoms. The van der Waals surface area contributed by atoms with Gasteiger partial charge in [0.2, 0.25) is 0 Å². The maximum atomic E-state index is 13.5. The molecule has 0 aromatic heterocycles. The Morgan fingerprint density at radius 1 is 0.153 bits per heavy atom. The summed E-state index contributed by atoms with van der Waals surface area (Å²) in [6.07, 6.45) is -93.2. The molecule has 5 heterocycles. The molecule has 95 heteroatoms. The van der Waals surface area contributed by atoms with E-state index in [2.05, 4.69) is 71.1 Å². The van der Waals surface area contributed by atoms with Gasteiger partial charge in [-0.1, -0.05) is 51.4 Å². The van der Waals surface area contributed by atoms with E-state index in [1.165, 1.54) is 0 Å². The Bertz CT molecular complexity index is 6140. The van der Waals surface area contributed by atoms with Crippen LogP contribution in [-0.4, -0.2) is 420 Å². The van der Waals surface area contributed by atoms with Gasteiger partial charge in [0.15, 0.2) is 62.0 Å². The lowest BCUT2D eigenvalue weighted by molar-refractivity contribution is -0.385. The average molecular weight is 2370 g/mol. The molecule has 5 aliphatic heterocycles. The first-order valence-electron chi connectivity index (χ1n) is 34.9. The van der Waals surface area contributed by atoms with Gasteiger partial charge in [0.1, 0.15) is 91.6 Å². The van der Waals surface area contributed by atoms with E-state index in [1.807, 2.05) is 0 Å². The Balaban J connectivity index is 1.97. The third-order valence-electron chi connectivity index (χ3n) is 16.6. The first-order valence-corrected chi connectivity index (χ1v) is 58.1. The van der Waals surface area contributed by atoms with E-state index >= 15 is 0 Å². The maximum absolute atomic E-state index is 13.5. The first-order chi connectivity index (χ1) is 61.5. The van der Waals surface area contributed by atoms with Crippen LogP contribution in [-0.2, 0) is 295 Å². The second kappa shape index (κ2) is 49.0. The zero-order chi connectivity index (χ0) is 105. The van der Waals surface area contributed by atoms with E-state index in [9.17, 15) is 216 Å². The van der Waals surface area contributed by atoms with Crippen LogP contribution in [0.3, 0.4) is 0 Å². The molecule has 0 radical (unpaired) electrons.